The third-order valence-corrected chi connectivity index (χ3v) is 5.19. The van der Waals surface area contributed by atoms with Crippen molar-refractivity contribution < 1.29 is 18.7 Å². The molecule has 158 valence electrons. The first-order chi connectivity index (χ1) is 14.5. The second kappa shape index (κ2) is 9.97. The van der Waals surface area contributed by atoms with Crippen molar-refractivity contribution in [3.05, 3.63) is 53.7 Å². The molecule has 0 aliphatic heterocycles. The molecule has 2 amide bonds. The number of aromatic nitrogens is 3. The van der Waals surface area contributed by atoms with Crippen LogP contribution in [-0.2, 0) is 17.9 Å². The van der Waals surface area contributed by atoms with E-state index in [4.69, 9.17) is 9.15 Å². The third kappa shape index (κ3) is 5.20. The van der Waals surface area contributed by atoms with Crippen LogP contribution < -0.4 is 15.4 Å². The van der Waals surface area contributed by atoms with Crippen molar-refractivity contribution in [3.8, 4) is 5.75 Å². The van der Waals surface area contributed by atoms with Gasteiger partial charge in [-0.1, -0.05) is 17.8 Å². The maximum absolute atomic E-state index is 12.4. The number of carbonyl (C=O) groups is 2. The molecule has 0 bridgehead atoms. The number of furan rings is 1. The Balaban J connectivity index is 1.58. The van der Waals surface area contributed by atoms with E-state index in [1.807, 2.05) is 36.6 Å². The van der Waals surface area contributed by atoms with Crippen molar-refractivity contribution in [2.45, 2.75) is 32.1 Å². The van der Waals surface area contributed by atoms with Gasteiger partial charge in [0.1, 0.15) is 5.75 Å². The van der Waals surface area contributed by atoms with Crippen molar-refractivity contribution in [2.75, 3.05) is 18.2 Å². The molecule has 0 fully saturated rings. The van der Waals surface area contributed by atoms with E-state index in [1.54, 1.807) is 19.2 Å². The van der Waals surface area contributed by atoms with Crippen LogP contribution in [0.4, 0.5) is 5.69 Å². The van der Waals surface area contributed by atoms with Gasteiger partial charge in [0.15, 0.2) is 16.7 Å². The quantitative estimate of drug-likeness (QED) is 0.503. The maximum Gasteiger partial charge on any atom is 0.287 e. The number of anilines is 1. The van der Waals surface area contributed by atoms with E-state index in [-0.39, 0.29) is 29.9 Å². The van der Waals surface area contributed by atoms with E-state index in [0.717, 1.165) is 5.56 Å². The van der Waals surface area contributed by atoms with E-state index in [9.17, 15) is 9.59 Å². The van der Waals surface area contributed by atoms with Gasteiger partial charge in [-0.3, -0.25) is 9.59 Å². The van der Waals surface area contributed by atoms with Crippen LogP contribution in [0.2, 0.25) is 0 Å². The summed E-state index contributed by atoms with van der Waals surface area (Å²) in [7, 11) is 1.56. The summed E-state index contributed by atoms with van der Waals surface area (Å²) in [5, 5.41) is 14.5. The highest BCUT2D eigenvalue weighted by Gasteiger charge is 2.16. The number of hydrogen-bond donors (Lipinski definition) is 2. The highest BCUT2D eigenvalue weighted by Crippen LogP contribution is 2.26. The van der Waals surface area contributed by atoms with E-state index in [2.05, 4.69) is 20.8 Å². The van der Waals surface area contributed by atoms with Crippen molar-refractivity contribution in [2.24, 2.45) is 0 Å². The second-order valence-electron chi connectivity index (χ2n) is 6.34. The molecule has 0 saturated carbocycles. The number of carbonyl (C=O) groups excluding carboxylic acids is 2. The van der Waals surface area contributed by atoms with Crippen molar-refractivity contribution in [1.29, 1.82) is 0 Å². The standard InChI is InChI=1S/C20H23N5O4S/c1-4-25-17(11-21-19(27)16-6-5-9-29-16)23-24-20(25)30-12-18(26)22-14-10-13(2)7-8-15(14)28-3/h5-10H,4,11-12H2,1-3H3,(H,21,27)(H,22,26). The average molecular weight is 430 g/mol. The molecule has 0 aliphatic carbocycles. The fraction of sp³-hybridized carbons (Fsp3) is 0.300. The van der Waals surface area contributed by atoms with Crippen LogP contribution in [-0.4, -0.2) is 39.4 Å². The van der Waals surface area contributed by atoms with Gasteiger partial charge in [-0.25, -0.2) is 0 Å². The molecule has 10 heteroatoms. The van der Waals surface area contributed by atoms with Crippen LogP contribution in [0.1, 0.15) is 28.9 Å². The lowest BCUT2D eigenvalue weighted by atomic mass is 10.2. The number of methoxy groups -OCH3 is 1. The van der Waals surface area contributed by atoms with Crippen molar-refractivity contribution >= 4 is 29.3 Å². The third-order valence-electron chi connectivity index (χ3n) is 4.22. The maximum atomic E-state index is 12.4. The summed E-state index contributed by atoms with van der Waals surface area (Å²) >= 11 is 1.27. The predicted molar refractivity (Wildman–Crippen MR) is 113 cm³/mol. The van der Waals surface area contributed by atoms with E-state index in [0.29, 0.717) is 29.0 Å². The topological polar surface area (TPSA) is 111 Å². The molecule has 30 heavy (non-hydrogen) atoms. The smallest absolute Gasteiger partial charge is 0.287 e. The number of nitrogens with one attached hydrogen (secondary N) is 2. The highest BCUT2D eigenvalue weighted by molar-refractivity contribution is 7.99. The zero-order chi connectivity index (χ0) is 21.5. The predicted octanol–water partition coefficient (Wildman–Crippen LogP) is 2.87. The summed E-state index contributed by atoms with van der Waals surface area (Å²) in [6, 6.07) is 8.82. The molecular weight excluding hydrogens is 406 g/mol. The Morgan fingerprint density at radius 2 is 2.10 bits per heavy atom. The summed E-state index contributed by atoms with van der Waals surface area (Å²) in [6.45, 7) is 4.70. The van der Waals surface area contributed by atoms with Crippen molar-refractivity contribution in [1.82, 2.24) is 20.1 Å². The van der Waals surface area contributed by atoms with E-state index < -0.39 is 0 Å². The minimum Gasteiger partial charge on any atom is -0.495 e. The van der Waals surface area contributed by atoms with Crippen molar-refractivity contribution in [3.63, 3.8) is 0 Å². The molecule has 3 aromatic rings. The molecule has 0 atom stereocenters. The van der Waals surface area contributed by atoms with Gasteiger partial charge in [0.2, 0.25) is 5.91 Å². The van der Waals surface area contributed by atoms with Gasteiger partial charge in [0.25, 0.3) is 5.91 Å². The summed E-state index contributed by atoms with van der Waals surface area (Å²) in [6.07, 6.45) is 1.44. The SMILES string of the molecule is CCn1c(CNC(=O)c2ccco2)nnc1SCC(=O)Nc1cc(C)ccc1OC. The Bertz CT molecular complexity index is 1020. The summed E-state index contributed by atoms with van der Waals surface area (Å²) in [4.78, 5) is 24.4. The fourth-order valence-electron chi connectivity index (χ4n) is 2.76. The average Bonchev–Trinajstić information content (AvgIpc) is 3.40. The van der Waals surface area contributed by atoms with Crippen LogP contribution >= 0.6 is 11.8 Å². The summed E-state index contributed by atoms with van der Waals surface area (Å²) in [5.41, 5.74) is 1.65. The lowest BCUT2D eigenvalue weighted by molar-refractivity contribution is -0.113. The van der Waals surface area contributed by atoms with Crippen LogP contribution in [0, 0.1) is 6.92 Å². The lowest BCUT2D eigenvalue weighted by Crippen LogP contribution is -2.24. The minimum atomic E-state index is -0.327. The molecule has 2 aromatic heterocycles. The molecule has 3 rings (SSSR count). The van der Waals surface area contributed by atoms with Gasteiger partial charge < -0.3 is 24.4 Å². The first-order valence-corrected chi connectivity index (χ1v) is 10.3. The Morgan fingerprint density at radius 3 is 2.80 bits per heavy atom. The molecule has 1 aromatic carbocycles. The van der Waals surface area contributed by atoms with Crippen LogP contribution in [0.15, 0.2) is 46.2 Å². The first-order valence-electron chi connectivity index (χ1n) is 9.33. The van der Waals surface area contributed by atoms with Crippen LogP contribution in [0.5, 0.6) is 5.75 Å². The summed E-state index contributed by atoms with van der Waals surface area (Å²) in [5.74, 6) is 1.09. The zero-order valence-corrected chi connectivity index (χ0v) is 17.8. The zero-order valence-electron chi connectivity index (χ0n) is 17.0. The van der Waals surface area contributed by atoms with Gasteiger partial charge in [0.05, 0.1) is 31.4 Å². The number of thioether (sulfide) groups is 1. The van der Waals surface area contributed by atoms with Gasteiger partial charge in [-0.05, 0) is 43.7 Å². The Hall–Kier alpha value is -3.27. The molecule has 2 heterocycles. The van der Waals surface area contributed by atoms with Gasteiger partial charge in [-0.2, -0.15) is 0 Å². The number of hydrogen-bond acceptors (Lipinski definition) is 7. The second-order valence-corrected chi connectivity index (χ2v) is 7.29. The number of aryl methyl sites for hydroxylation is 1. The van der Waals surface area contributed by atoms with Gasteiger partial charge in [-0.15, -0.1) is 10.2 Å². The fourth-order valence-corrected chi connectivity index (χ4v) is 3.59. The van der Waals surface area contributed by atoms with E-state index >= 15 is 0 Å². The normalized spacial score (nSPS) is 10.6. The Kier molecular flexibility index (Phi) is 7.12. The minimum absolute atomic E-state index is 0.161. The number of benzene rings is 1. The number of ether oxygens (including phenoxy) is 1. The molecule has 0 aliphatic rings. The van der Waals surface area contributed by atoms with Crippen LogP contribution in [0.3, 0.4) is 0 Å². The van der Waals surface area contributed by atoms with Gasteiger partial charge in [0, 0.05) is 6.54 Å². The monoisotopic (exact) mass is 429 g/mol. The van der Waals surface area contributed by atoms with E-state index in [1.165, 1.54) is 18.0 Å². The molecule has 9 nitrogen and oxygen atoms in total. The molecule has 0 saturated heterocycles. The highest BCUT2D eigenvalue weighted by atomic mass is 32.2. The number of nitrogens with zero attached hydrogens (tertiary/aromatic N) is 3. The lowest BCUT2D eigenvalue weighted by Gasteiger charge is -2.11. The molecule has 0 radical (unpaired) electrons. The number of amides is 2. The Morgan fingerprint density at radius 1 is 1.27 bits per heavy atom. The van der Waals surface area contributed by atoms with Crippen LogP contribution in [0.25, 0.3) is 0 Å². The molecule has 0 unspecified atom stereocenters. The molecular formula is C20H23N5O4S. The molecule has 0 spiro atoms. The summed E-state index contributed by atoms with van der Waals surface area (Å²) < 4.78 is 12.2. The molecule has 2 N–H and O–H groups in total. The first kappa shape index (κ1) is 21.4. The van der Waals surface area contributed by atoms with Gasteiger partial charge >= 0.3 is 0 Å². The Labute approximate surface area is 178 Å². The number of rotatable bonds is 9. The largest absolute Gasteiger partial charge is 0.495 e.